The lowest BCUT2D eigenvalue weighted by atomic mass is 10.1. The number of benzene rings is 2. The van der Waals surface area contributed by atoms with Crippen molar-refractivity contribution in [1.29, 1.82) is 0 Å². The zero-order chi connectivity index (χ0) is 15.1. The van der Waals surface area contributed by atoms with Crippen LogP contribution in [0.3, 0.4) is 0 Å². The van der Waals surface area contributed by atoms with Gasteiger partial charge in [0.1, 0.15) is 0 Å². The summed E-state index contributed by atoms with van der Waals surface area (Å²) in [6.07, 6.45) is 1.58. The number of nitrogens with one attached hydrogen (secondary N) is 1. The van der Waals surface area contributed by atoms with Crippen molar-refractivity contribution in [3.05, 3.63) is 69.8 Å². The maximum absolute atomic E-state index is 10.7. The number of hydrogen-bond acceptors (Lipinski definition) is 4. The van der Waals surface area contributed by atoms with Gasteiger partial charge in [-0.25, -0.2) is 0 Å². The van der Waals surface area contributed by atoms with Crippen molar-refractivity contribution < 1.29 is 10.0 Å². The van der Waals surface area contributed by atoms with Gasteiger partial charge in [0.15, 0.2) is 0 Å². The molecule has 0 unspecified atom stereocenters. The molecule has 0 amide bonds. The highest BCUT2D eigenvalue weighted by Crippen LogP contribution is 2.16. The van der Waals surface area contributed by atoms with Crippen LogP contribution in [0.4, 0.5) is 11.4 Å². The Morgan fingerprint density at radius 3 is 2.62 bits per heavy atom. The first-order valence-corrected chi connectivity index (χ1v) is 6.86. The molecule has 5 heteroatoms. The maximum Gasteiger partial charge on any atom is 0.269 e. The van der Waals surface area contributed by atoms with E-state index in [1.807, 2.05) is 30.3 Å². The topological polar surface area (TPSA) is 75.4 Å². The average molecular weight is 286 g/mol. The minimum absolute atomic E-state index is 0.103. The van der Waals surface area contributed by atoms with Gasteiger partial charge in [0.25, 0.3) is 5.69 Å². The molecule has 2 rings (SSSR count). The largest absolute Gasteiger partial charge is 0.396 e. The fourth-order valence-corrected chi connectivity index (χ4v) is 2.10. The number of hydrogen-bond donors (Lipinski definition) is 2. The van der Waals surface area contributed by atoms with Gasteiger partial charge in [-0.1, -0.05) is 24.3 Å². The van der Waals surface area contributed by atoms with Crippen LogP contribution in [0.2, 0.25) is 0 Å². The third-order valence-electron chi connectivity index (χ3n) is 3.17. The molecule has 110 valence electrons. The summed E-state index contributed by atoms with van der Waals surface area (Å²) in [6, 6.07) is 14.6. The lowest BCUT2D eigenvalue weighted by molar-refractivity contribution is -0.384. The molecule has 0 atom stereocenters. The van der Waals surface area contributed by atoms with Crippen LogP contribution in [0, 0.1) is 10.1 Å². The number of anilines is 1. The molecule has 0 fully saturated rings. The highest BCUT2D eigenvalue weighted by atomic mass is 16.6. The van der Waals surface area contributed by atoms with Crippen molar-refractivity contribution in [2.24, 2.45) is 0 Å². The Morgan fingerprint density at radius 2 is 1.86 bits per heavy atom. The minimum atomic E-state index is -0.390. The van der Waals surface area contributed by atoms with E-state index in [9.17, 15) is 10.1 Å². The van der Waals surface area contributed by atoms with Crippen molar-refractivity contribution in [2.75, 3.05) is 11.9 Å². The second-order valence-electron chi connectivity index (χ2n) is 4.81. The van der Waals surface area contributed by atoms with Crippen molar-refractivity contribution in [3.63, 3.8) is 0 Å². The second-order valence-corrected chi connectivity index (χ2v) is 4.81. The van der Waals surface area contributed by atoms with Gasteiger partial charge in [-0.3, -0.25) is 10.1 Å². The second kappa shape index (κ2) is 7.40. The molecule has 21 heavy (non-hydrogen) atoms. The van der Waals surface area contributed by atoms with Gasteiger partial charge in [0.05, 0.1) is 4.92 Å². The van der Waals surface area contributed by atoms with E-state index in [-0.39, 0.29) is 17.2 Å². The van der Waals surface area contributed by atoms with Crippen LogP contribution in [-0.2, 0) is 13.0 Å². The summed E-state index contributed by atoms with van der Waals surface area (Å²) in [7, 11) is 0. The average Bonchev–Trinajstić information content (AvgIpc) is 2.51. The maximum atomic E-state index is 10.7. The third kappa shape index (κ3) is 4.57. The van der Waals surface area contributed by atoms with Gasteiger partial charge in [-0.05, 0) is 36.1 Å². The van der Waals surface area contributed by atoms with E-state index in [1.165, 1.54) is 6.07 Å². The molecule has 0 heterocycles. The molecule has 0 aliphatic carbocycles. The van der Waals surface area contributed by atoms with Crippen LogP contribution in [-0.4, -0.2) is 16.6 Å². The van der Waals surface area contributed by atoms with Gasteiger partial charge in [-0.2, -0.15) is 0 Å². The number of aliphatic hydroxyl groups excluding tert-OH is 1. The van der Waals surface area contributed by atoms with Crippen LogP contribution in [0.1, 0.15) is 17.5 Å². The van der Waals surface area contributed by atoms with Crippen LogP contribution < -0.4 is 5.32 Å². The SMILES string of the molecule is O=[N+]([O-])c1cccc(CNc2cccc(CCCO)c2)c1. The zero-order valence-electron chi connectivity index (χ0n) is 11.7. The Bertz CT molecular complexity index is 614. The van der Waals surface area contributed by atoms with Crippen molar-refractivity contribution in [2.45, 2.75) is 19.4 Å². The smallest absolute Gasteiger partial charge is 0.269 e. The van der Waals surface area contributed by atoms with Crippen LogP contribution in [0.5, 0.6) is 0 Å². The molecular formula is C16H18N2O3. The van der Waals surface area contributed by atoms with Gasteiger partial charge in [0.2, 0.25) is 0 Å². The van der Waals surface area contributed by atoms with E-state index in [4.69, 9.17) is 5.11 Å². The first-order valence-electron chi connectivity index (χ1n) is 6.86. The van der Waals surface area contributed by atoms with Crippen molar-refractivity contribution in [3.8, 4) is 0 Å². The van der Waals surface area contributed by atoms with Gasteiger partial charge >= 0.3 is 0 Å². The summed E-state index contributed by atoms with van der Waals surface area (Å²) in [5.74, 6) is 0. The van der Waals surface area contributed by atoms with Crippen molar-refractivity contribution in [1.82, 2.24) is 0 Å². The zero-order valence-corrected chi connectivity index (χ0v) is 11.7. The van der Waals surface area contributed by atoms with E-state index in [0.717, 1.165) is 29.7 Å². The van der Waals surface area contributed by atoms with E-state index < -0.39 is 0 Å². The predicted octanol–water partition coefficient (Wildman–Crippen LogP) is 3.13. The Balaban J connectivity index is 1.99. The van der Waals surface area contributed by atoms with Crippen LogP contribution in [0.15, 0.2) is 48.5 Å². The molecule has 2 aromatic carbocycles. The summed E-state index contributed by atoms with van der Waals surface area (Å²) in [5.41, 5.74) is 3.10. The highest BCUT2D eigenvalue weighted by Gasteiger charge is 2.05. The number of aliphatic hydroxyl groups is 1. The molecule has 2 aromatic rings. The van der Waals surface area contributed by atoms with Gasteiger partial charge in [0, 0.05) is 31.0 Å². The summed E-state index contributed by atoms with van der Waals surface area (Å²) in [6.45, 7) is 0.719. The lowest BCUT2D eigenvalue weighted by Gasteiger charge is -2.08. The number of nitrogens with zero attached hydrogens (tertiary/aromatic N) is 1. The standard InChI is InChI=1S/C16H18N2O3/c19-9-3-6-13-4-1-7-15(10-13)17-12-14-5-2-8-16(11-14)18(20)21/h1-2,4-5,7-8,10-11,17,19H,3,6,9,12H2. The van der Waals surface area contributed by atoms with Crippen LogP contribution in [0.25, 0.3) is 0 Å². The molecule has 5 nitrogen and oxygen atoms in total. The molecular weight excluding hydrogens is 268 g/mol. The molecule has 0 aromatic heterocycles. The van der Waals surface area contributed by atoms with Gasteiger partial charge in [-0.15, -0.1) is 0 Å². The molecule has 0 saturated carbocycles. The van der Waals surface area contributed by atoms with E-state index in [2.05, 4.69) is 5.32 Å². The Morgan fingerprint density at radius 1 is 1.10 bits per heavy atom. The van der Waals surface area contributed by atoms with E-state index in [0.29, 0.717) is 6.54 Å². The molecule has 2 N–H and O–H groups in total. The first-order chi connectivity index (χ1) is 10.2. The number of rotatable bonds is 7. The monoisotopic (exact) mass is 286 g/mol. The lowest BCUT2D eigenvalue weighted by Crippen LogP contribution is -2.01. The normalized spacial score (nSPS) is 10.3. The summed E-state index contributed by atoms with van der Waals surface area (Å²) in [5, 5.41) is 22.8. The minimum Gasteiger partial charge on any atom is -0.396 e. The fourth-order valence-electron chi connectivity index (χ4n) is 2.10. The first kappa shape index (κ1) is 15.0. The number of nitro groups is 1. The van der Waals surface area contributed by atoms with Gasteiger partial charge < -0.3 is 10.4 Å². The summed E-state index contributed by atoms with van der Waals surface area (Å²) in [4.78, 5) is 10.3. The highest BCUT2D eigenvalue weighted by molar-refractivity contribution is 5.47. The van der Waals surface area contributed by atoms with E-state index in [1.54, 1.807) is 12.1 Å². The summed E-state index contributed by atoms with van der Waals surface area (Å²) < 4.78 is 0. The summed E-state index contributed by atoms with van der Waals surface area (Å²) >= 11 is 0. The third-order valence-corrected chi connectivity index (χ3v) is 3.17. The van der Waals surface area contributed by atoms with Crippen LogP contribution >= 0.6 is 0 Å². The molecule has 0 radical (unpaired) electrons. The molecule has 0 aliphatic heterocycles. The molecule has 0 saturated heterocycles. The molecule has 0 spiro atoms. The number of nitro benzene ring substituents is 1. The van der Waals surface area contributed by atoms with E-state index >= 15 is 0 Å². The molecule has 0 aliphatic rings. The number of non-ortho nitro benzene ring substituents is 1. The molecule has 0 bridgehead atoms. The Hall–Kier alpha value is -2.40. The fraction of sp³-hybridized carbons (Fsp3) is 0.250. The Labute approximate surface area is 123 Å². The predicted molar refractivity (Wildman–Crippen MR) is 82.3 cm³/mol. The number of aryl methyl sites for hydroxylation is 1. The quantitative estimate of drug-likeness (QED) is 0.605. The van der Waals surface area contributed by atoms with Crippen molar-refractivity contribution >= 4 is 11.4 Å². The Kier molecular flexibility index (Phi) is 5.29.